The summed E-state index contributed by atoms with van der Waals surface area (Å²) in [6, 6.07) is 10.4. The van der Waals surface area contributed by atoms with Crippen LogP contribution in [0.4, 0.5) is 5.69 Å². The second-order valence-electron chi connectivity index (χ2n) is 3.90. The largest absolute Gasteiger partial charge is 0.374 e. The number of rotatable bonds is 5. The Bertz CT molecular complexity index is 246. The lowest BCUT2D eigenvalue weighted by Crippen LogP contribution is -2.25. The highest BCUT2D eigenvalue weighted by molar-refractivity contribution is 5.44. The molecule has 1 unspecified atom stereocenters. The van der Waals surface area contributed by atoms with E-state index < -0.39 is 0 Å². The SMILES string of the molecule is CC(CCN)CN(C)c1ccccc1. The highest BCUT2D eigenvalue weighted by Gasteiger charge is 2.05. The van der Waals surface area contributed by atoms with Crippen molar-refractivity contribution in [2.45, 2.75) is 13.3 Å². The van der Waals surface area contributed by atoms with Crippen molar-refractivity contribution in [1.29, 1.82) is 0 Å². The van der Waals surface area contributed by atoms with Crippen LogP contribution in [0.3, 0.4) is 0 Å². The molecular weight excluding hydrogens is 172 g/mol. The monoisotopic (exact) mass is 192 g/mol. The molecule has 78 valence electrons. The van der Waals surface area contributed by atoms with E-state index in [0.29, 0.717) is 5.92 Å². The highest BCUT2D eigenvalue weighted by atomic mass is 15.1. The van der Waals surface area contributed by atoms with Gasteiger partial charge in [-0.1, -0.05) is 25.1 Å². The highest BCUT2D eigenvalue weighted by Crippen LogP contribution is 2.13. The molecule has 0 heterocycles. The molecule has 1 aromatic rings. The summed E-state index contributed by atoms with van der Waals surface area (Å²) < 4.78 is 0. The minimum absolute atomic E-state index is 0.658. The predicted molar refractivity (Wildman–Crippen MR) is 62.5 cm³/mol. The molecule has 0 bridgehead atoms. The van der Waals surface area contributed by atoms with Gasteiger partial charge in [-0.15, -0.1) is 0 Å². The molecule has 1 atom stereocenters. The van der Waals surface area contributed by atoms with Crippen molar-refractivity contribution in [3.05, 3.63) is 30.3 Å². The van der Waals surface area contributed by atoms with E-state index in [1.54, 1.807) is 0 Å². The lowest BCUT2D eigenvalue weighted by molar-refractivity contribution is 0.539. The van der Waals surface area contributed by atoms with Crippen LogP contribution in [0.5, 0.6) is 0 Å². The van der Waals surface area contributed by atoms with Gasteiger partial charge in [-0.05, 0) is 31.0 Å². The average molecular weight is 192 g/mol. The Labute approximate surface area is 86.7 Å². The van der Waals surface area contributed by atoms with Crippen molar-refractivity contribution in [3.63, 3.8) is 0 Å². The van der Waals surface area contributed by atoms with E-state index in [1.807, 2.05) is 6.07 Å². The van der Waals surface area contributed by atoms with Gasteiger partial charge >= 0.3 is 0 Å². The van der Waals surface area contributed by atoms with Crippen molar-refractivity contribution >= 4 is 5.69 Å². The van der Waals surface area contributed by atoms with Crippen molar-refractivity contribution in [2.75, 3.05) is 25.0 Å². The van der Waals surface area contributed by atoms with Gasteiger partial charge in [-0.3, -0.25) is 0 Å². The van der Waals surface area contributed by atoms with Crippen LogP contribution in [0.1, 0.15) is 13.3 Å². The number of benzene rings is 1. The molecule has 2 nitrogen and oxygen atoms in total. The quantitative estimate of drug-likeness (QED) is 0.774. The summed E-state index contributed by atoms with van der Waals surface area (Å²) in [4.78, 5) is 2.28. The molecular formula is C12H20N2. The summed E-state index contributed by atoms with van der Waals surface area (Å²) in [5.41, 5.74) is 6.80. The van der Waals surface area contributed by atoms with Crippen LogP contribution in [-0.4, -0.2) is 20.1 Å². The van der Waals surface area contributed by atoms with Gasteiger partial charge in [0.25, 0.3) is 0 Å². The topological polar surface area (TPSA) is 29.3 Å². The molecule has 0 aromatic heterocycles. The van der Waals surface area contributed by atoms with Gasteiger partial charge in [-0.2, -0.15) is 0 Å². The standard InChI is InChI=1S/C12H20N2/c1-11(8-9-13)10-14(2)12-6-4-3-5-7-12/h3-7,11H,8-10,13H2,1-2H3. The fraction of sp³-hybridized carbons (Fsp3) is 0.500. The Balaban J connectivity index is 2.46. The molecule has 0 spiro atoms. The van der Waals surface area contributed by atoms with Gasteiger partial charge in [0.1, 0.15) is 0 Å². The average Bonchev–Trinajstić information content (AvgIpc) is 2.19. The first-order chi connectivity index (χ1) is 6.74. The molecule has 0 aliphatic heterocycles. The summed E-state index contributed by atoms with van der Waals surface area (Å²) >= 11 is 0. The van der Waals surface area contributed by atoms with Gasteiger partial charge in [-0.25, -0.2) is 0 Å². The normalized spacial score (nSPS) is 12.5. The van der Waals surface area contributed by atoms with Crippen LogP contribution in [0.2, 0.25) is 0 Å². The van der Waals surface area contributed by atoms with E-state index in [9.17, 15) is 0 Å². The number of nitrogens with two attached hydrogens (primary N) is 1. The summed E-state index contributed by atoms with van der Waals surface area (Å²) in [6.45, 7) is 4.09. The molecule has 1 rings (SSSR count). The van der Waals surface area contributed by atoms with Crippen molar-refractivity contribution in [1.82, 2.24) is 0 Å². The molecule has 14 heavy (non-hydrogen) atoms. The maximum absolute atomic E-state index is 5.53. The molecule has 0 saturated heterocycles. The van der Waals surface area contributed by atoms with E-state index in [1.165, 1.54) is 5.69 Å². The Kier molecular flexibility index (Phi) is 4.47. The maximum atomic E-state index is 5.53. The minimum Gasteiger partial charge on any atom is -0.374 e. The summed E-state index contributed by atoms with van der Waals surface area (Å²) in [5, 5.41) is 0. The Hall–Kier alpha value is -1.02. The third-order valence-electron chi connectivity index (χ3n) is 2.44. The molecule has 0 aliphatic rings. The smallest absolute Gasteiger partial charge is 0.0363 e. The van der Waals surface area contributed by atoms with Gasteiger partial charge in [0.05, 0.1) is 0 Å². The summed E-state index contributed by atoms with van der Waals surface area (Å²) in [5.74, 6) is 0.658. The zero-order valence-electron chi connectivity index (χ0n) is 9.11. The van der Waals surface area contributed by atoms with E-state index >= 15 is 0 Å². The lowest BCUT2D eigenvalue weighted by Gasteiger charge is -2.23. The van der Waals surface area contributed by atoms with Crippen LogP contribution < -0.4 is 10.6 Å². The molecule has 2 N–H and O–H groups in total. The Morgan fingerprint density at radius 1 is 1.29 bits per heavy atom. The third kappa shape index (κ3) is 3.38. The Morgan fingerprint density at radius 2 is 1.93 bits per heavy atom. The molecule has 2 heteroatoms. The van der Waals surface area contributed by atoms with Crippen molar-refractivity contribution < 1.29 is 0 Å². The van der Waals surface area contributed by atoms with Crippen LogP contribution in [0.25, 0.3) is 0 Å². The van der Waals surface area contributed by atoms with Crippen LogP contribution in [-0.2, 0) is 0 Å². The first-order valence-electron chi connectivity index (χ1n) is 5.20. The first kappa shape index (κ1) is 11.1. The molecule has 0 aliphatic carbocycles. The fourth-order valence-corrected chi connectivity index (χ4v) is 1.63. The minimum atomic E-state index is 0.658. The number of nitrogens with zero attached hydrogens (tertiary/aromatic N) is 1. The predicted octanol–water partition coefficient (Wildman–Crippen LogP) is 2.11. The first-order valence-corrected chi connectivity index (χ1v) is 5.20. The molecule has 0 radical (unpaired) electrons. The third-order valence-corrected chi connectivity index (χ3v) is 2.44. The molecule has 0 amide bonds. The van der Waals surface area contributed by atoms with Gasteiger partial charge < -0.3 is 10.6 Å². The van der Waals surface area contributed by atoms with E-state index in [2.05, 4.69) is 43.1 Å². The second kappa shape index (κ2) is 5.66. The van der Waals surface area contributed by atoms with Crippen molar-refractivity contribution in [3.8, 4) is 0 Å². The molecule has 0 fully saturated rings. The van der Waals surface area contributed by atoms with Crippen LogP contribution >= 0.6 is 0 Å². The summed E-state index contributed by atoms with van der Waals surface area (Å²) in [6.07, 6.45) is 1.09. The fourth-order valence-electron chi connectivity index (χ4n) is 1.63. The maximum Gasteiger partial charge on any atom is 0.0363 e. The Morgan fingerprint density at radius 3 is 2.50 bits per heavy atom. The molecule has 0 saturated carbocycles. The lowest BCUT2D eigenvalue weighted by atomic mass is 10.1. The zero-order chi connectivity index (χ0) is 10.4. The number of hydrogen-bond acceptors (Lipinski definition) is 2. The summed E-state index contributed by atoms with van der Waals surface area (Å²) in [7, 11) is 2.13. The van der Waals surface area contributed by atoms with Gasteiger partial charge in [0.2, 0.25) is 0 Å². The van der Waals surface area contributed by atoms with Gasteiger partial charge in [0.15, 0.2) is 0 Å². The van der Waals surface area contributed by atoms with Crippen molar-refractivity contribution in [2.24, 2.45) is 11.7 Å². The van der Waals surface area contributed by atoms with Crippen LogP contribution in [0.15, 0.2) is 30.3 Å². The van der Waals surface area contributed by atoms with E-state index in [-0.39, 0.29) is 0 Å². The number of para-hydroxylation sites is 1. The zero-order valence-corrected chi connectivity index (χ0v) is 9.11. The van der Waals surface area contributed by atoms with Gasteiger partial charge in [0, 0.05) is 19.3 Å². The second-order valence-corrected chi connectivity index (χ2v) is 3.90. The number of anilines is 1. The van der Waals surface area contributed by atoms with E-state index in [0.717, 1.165) is 19.5 Å². The molecule has 1 aromatic carbocycles. The van der Waals surface area contributed by atoms with Crippen LogP contribution in [0, 0.1) is 5.92 Å². The van der Waals surface area contributed by atoms with E-state index in [4.69, 9.17) is 5.73 Å². The number of hydrogen-bond donors (Lipinski definition) is 1.